The molecule has 0 unspecified atom stereocenters. The Balaban J connectivity index is 1.95. The summed E-state index contributed by atoms with van der Waals surface area (Å²) in [7, 11) is 1.62. The first kappa shape index (κ1) is 12.2. The highest BCUT2D eigenvalue weighted by atomic mass is 16.5. The molecule has 2 rings (SSSR count). The first-order chi connectivity index (χ1) is 8.70. The van der Waals surface area contributed by atoms with Gasteiger partial charge >= 0.3 is 0 Å². The van der Waals surface area contributed by atoms with Crippen molar-refractivity contribution in [2.24, 2.45) is 0 Å². The van der Waals surface area contributed by atoms with Crippen molar-refractivity contribution in [3.63, 3.8) is 0 Å². The van der Waals surface area contributed by atoms with Gasteiger partial charge in [-0.2, -0.15) is 0 Å². The second-order valence-electron chi connectivity index (χ2n) is 3.96. The van der Waals surface area contributed by atoms with Crippen LogP contribution in [0, 0.1) is 6.92 Å². The van der Waals surface area contributed by atoms with Gasteiger partial charge in [0.15, 0.2) is 5.76 Å². The van der Waals surface area contributed by atoms with Crippen molar-refractivity contribution in [1.29, 1.82) is 0 Å². The Morgan fingerprint density at radius 2 is 2.00 bits per heavy atom. The number of nitrogens with one attached hydrogen (secondary N) is 1. The lowest BCUT2D eigenvalue weighted by Crippen LogP contribution is -2.22. The smallest absolute Gasteiger partial charge is 0.287 e. The Morgan fingerprint density at radius 1 is 1.28 bits per heavy atom. The van der Waals surface area contributed by atoms with Crippen LogP contribution in [-0.4, -0.2) is 13.0 Å². The van der Waals surface area contributed by atoms with E-state index in [4.69, 9.17) is 9.15 Å². The summed E-state index contributed by atoms with van der Waals surface area (Å²) in [5.41, 5.74) is 1.84. The summed E-state index contributed by atoms with van der Waals surface area (Å²) in [6.07, 6.45) is 1.51. The van der Waals surface area contributed by atoms with Gasteiger partial charge in [-0.05, 0) is 30.7 Å². The third-order valence-corrected chi connectivity index (χ3v) is 2.68. The molecule has 1 amide bonds. The lowest BCUT2D eigenvalue weighted by atomic mass is 10.2. The number of rotatable bonds is 4. The molecule has 0 aliphatic carbocycles. The van der Waals surface area contributed by atoms with Crippen LogP contribution in [0.15, 0.2) is 41.0 Å². The van der Waals surface area contributed by atoms with Gasteiger partial charge in [0.2, 0.25) is 0 Å². The van der Waals surface area contributed by atoms with Crippen molar-refractivity contribution in [3.8, 4) is 5.75 Å². The van der Waals surface area contributed by atoms with Gasteiger partial charge in [-0.3, -0.25) is 4.79 Å². The van der Waals surface area contributed by atoms with Crippen molar-refractivity contribution < 1.29 is 13.9 Å². The number of aryl methyl sites for hydroxylation is 1. The largest absolute Gasteiger partial charge is 0.497 e. The molecule has 4 nitrogen and oxygen atoms in total. The van der Waals surface area contributed by atoms with Crippen LogP contribution in [0.5, 0.6) is 5.75 Å². The van der Waals surface area contributed by atoms with E-state index >= 15 is 0 Å². The van der Waals surface area contributed by atoms with Crippen LogP contribution in [0.1, 0.15) is 21.7 Å². The van der Waals surface area contributed by atoms with Gasteiger partial charge in [0.25, 0.3) is 5.91 Å². The number of carbonyl (C=O) groups excluding carboxylic acids is 1. The molecule has 94 valence electrons. The maximum absolute atomic E-state index is 11.8. The van der Waals surface area contributed by atoms with E-state index in [0.717, 1.165) is 16.9 Å². The summed E-state index contributed by atoms with van der Waals surface area (Å²) in [6.45, 7) is 2.30. The fraction of sp³-hybridized carbons (Fsp3) is 0.214. The first-order valence-electron chi connectivity index (χ1n) is 5.66. The molecule has 0 aliphatic rings. The molecule has 4 heteroatoms. The van der Waals surface area contributed by atoms with Crippen LogP contribution >= 0.6 is 0 Å². The molecule has 2 aromatic rings. The standard InChI is InChI=1S/C14H15NO3/c1-10-7-8-18-13(10)14(16)15-9-11-3-5-12(17-2)6-4-11/h3-8H,9H2,1-2H3,(H,15,16). The van der Waals surface area contributed by atoms with Crippen molar-refractivity contribution >= 4 is 5.91 Å². The minimum absolute atomic E-state index is 0.201. The summed E-state index contributed by atoms with van der Waals surface area (Å²) >= 11 is 0. The number of amides is 1. The van der Waals surface area contributed by atoms with Gasteiger partial charge in [0, 0.05) is 12.1 Å². The van der Waals surface area contributed by atoms with Gasteiger partial charge in [0.1, 0.15) is 5.75 Å². The highest BCUT2D eigenvalue weighted by molar-refractivity contribution is 5.92. The molecule has 1 aromatic carbocycles. The number of furan rings is 1. The lowest BCUT2D eigenvalue weighted by Gasteiger charge is -2.05. The quantitative estimate of drug-likeness (QED) is 0.900. The van der Waals surface area contributed by atoms with Crippen LogP contribution in [0.25, 0.3) is 0 Å². The zero-order valence-corrected chi connectivity index (χ0v) is 10.4. The molecule has 0 radical (unpaired) electrons. The van der Waals surface area contributed by atoms with Crippen molar-refractivity contribution in [2.45, 2.75) is 13.5 Å². The summed E-state index contributed by atoms with van der Waals surface area (Å²) in [4.78, 5) is 11.8. The number of carbonyl (C=O) groups is 1. The molecule has 0 spiro atoms. The average molecular weight is 245 g/mol. The lowest BCUT2D eigenvalue weighted by molar-refractivity contribution is 0.0922. The first-order valence-corrected chi connectivity index (χ1v) is 5.66. The molecule has 1 heterocycles. The number of methoxy groups -OCH3 is 1. The predicted molar refractivity (Wildman–Crippen MR) is 67.6 cm³/mol. The highest BCUT2D eigenvalue weighted by Gasteiger charge is 2.11. The van der Waals surface area contributed by atoms with Crippen molar-refractivity contribution in [2.75, 3.05) is 7.11 Å². The number of benzene rings is 1. The number of hydrogen-bond donors (Lipinski definition) is 1. The van der Waals surface area contributed by atoms with Crippen molar-refractivity contribution in [1.82, 2.24) is 5.32 Å². The maximum Gasteiger partial charge on any atom is 0.287 e. The van der Waals surface area contributed by atoms with E-state index in [9.17, 15) is 4.79 Å². The zero-order chi connectivity index (χ0) is 13.0. The Labute approximate surface area is 106 Å². The van der Waals surface area contributed by atoms with Crippen LogP contribution < -0.4 is 10.1 Å². The van der Waals surface area contributed by atoms with Gasteiger partial charge in [0.05, 0.1) is 13.4 Å². The Morgan fingerprint density at radius 3 is 2.56 bits per heavy atom. The summed E-state index contributed by atoms with van der Waals surface area (Å²) in [5.74, 6) is 0.962. The molecule has 0 fully saturated rings. The minimum atomic E-state index is -0.201. The third-order valence-electron chi connectivity index (χ3n) is 2.68. The fourth-order valence-electron chi connectivity index (χ4n) is 1.61. The van der Waals surface area contributed by atoms with Gasteiger partial charge in [-0.25, -0.2) is 0 Å². The van der Waals surface area contributed by atoms with Crippen LogP contribution in [0.2, 0.25) is 0 Å². The molecule has 0 bridgehead atoms. The number of hydrogen-bond acceptors (Lipinski definition) is 3. The SMILES string of the molecule is COc1ccc(CNC(=O)c2occc2C)cc1. The van der Waals surface area contributed by atoms with E-state index in [1.165, 1.54) is 6.26 Å². The molecule has 1 aromatic heterocycles. The van der Waals surface area contributed by atoms with Gasteiger partial charge in [-0.15, -0.1) is 0 Å². The zero-order valence-electron chi connectivity index (χ0n) is 10.4. The second-order valence-corrected chi connectivity index (χ2v) is 3.96. The second kappa shape index (κ2) is 5.40. The van der Waals surface area contributed by atoms with Crippen LogP contribution in [0.4, 0.5) is 0 Å². The normalized spacial score (nSPS) is 10.1. The molecule has 1 N–H and O–H groups in total. The molecule has 0 atom stereocenters. The van der Waals surface area contributed by atoms with Gasteiger partial charge < -0.3 is 14.5 Å². The third kappa shape index (κ3) is 2.71. The molecular weight excluding hydrogens is 230 g/mol. The molecular formula is C14H15NO3. The predicted octanol–water partition coefficient (Wildman–Crippen LogP) is 2.53. The molecule has 0 saturated carbocycles. The van der Waals surface area contributed by atoms with E-state index in [2.05, 4.69) is 5.32 Å². The van der Waals surface area contributed by atoms with Gasteiger partial charge in [-0.1, -0.05) is 12.1 Å². The maximum atomic E-state index is 11.8. The van der Waals surface area contributed by atoms with E-state index in [1.54, 1.807) is 13.2 Å². The summed E-state index contributed by atoms with van der Waals surface area (Å²) < 4.78 is 10.2. The fourth-order valence-corrected chi connectivity index (χ4v) is 1.61. The minimum Gasteiger partial charge on any atom is -0.497 e. The summed E-state index contributed by atoms with van der Waals surface area (Å²) in [5, 5.41) is 2.81. The Bertz CT molecular complexity index is 528. The van der Waals surface area contributed by atoms with E-state index < -0.39 is 0 Å². The molecule has 18 heavy (non-hydrogen) atoms. The topological polar surface area (TPSA) is 51.5 Å². The van der Waals surface area contributed by atoms with Crippen molar-refractivity contribution in [3.05, 3.63) is 53.5 Å². The number of ether oxygens (including phenoxy) is 1. The van der Waals surface area contributed by atoms with E-state index in [-0.39, 0.29) is 5.91 Å². The van der Waals surface area contributed by atoms with Crippen LogP contribution in [0.3, 0.4) is 0 Å². The Kier molecular flexibility index (Phi) is 3.67. The summed E-state index contributed by atoms with van der Waals surface area (Å²) in [6, 6.07) is 9.31. The van der Waals surface area contributed by atoms with E-state index in [0.29, 0.717) is 12.3 Å². The molecule has 0 aliphatic heterocycles. The van der Waals surface area contributed by atoms with Crippen LogP contribution in [-0.2, 0) is 6.54 Å². The Hall–Kier alpha value is -2.23. The average Bonchev–Trinajstić information content (AvgIpc) is 2.83. The van der Waals surface area contributed by atoms with E-state index in [1.807, 2.05) is 31.2 Å². The monoisotopic (exact) mass is 245 g/mol. The molecule has 0 saturated heterocycles. The highest BCUT2D eigenvalue weighted by Crippen LogP contribution is 2.12.